The molecule has 0 aliphatic carbocycles. The number of nitrogens with two attached hydrogens (primary N) is 1. The Balaban J connectivity index is 1.79. The average Bonchev–Trinajstić information content (AvgIpc) is 3.35. The van der Waals surface area contributed by atoms with Gasteiger partial charge in [-0.15, -0.1) is 0 Å². The number of nitrogens with zero attached hydrogens (tertiary/aromatic N) is 3. The molecule has 1 aliphatic rings. The lowest BCUT2D eigenvalue weighted by molar-refractivity contribution is -0.144. The number of thiazole rings is 1. The summed E-state index contributed by atoms with van der Waals surface area (Å²) < 4.78 is 5.09. The van der Waals surface area contributed by atoms with Crippen LogP contribution in [-0.2, 0) is 19.7 Å². The lowest BCUT2D eigenvalue weighted by Gasteiger charge is -2.23. The summed E-state index contributed by atoms with van der Waals surface area (Å²) in [7, 11) is 0. The van der Waals surface area contributed by atoms with Gasteiger partial charge in [-0.05, 0) is 44.4 Å². The molecule has 1 fully saturated rings. The molecule has 3 N–H and O–H groups in total. The molecule has 0 spiro atoms. The molecule has 32 heavy (non-hydrogen) atoms. The van der Waals surface area contributed by atoms with Crippen LogP contribution < -0.4 is 11.1 Å². The topological polar surface area (TPSA) is 128 Å². The number of aryl methyl sites for hydroxylation is 1. The van der Waals surface area contributed by atoms with Crippen LogP contribution in [0, 0.1) is 6.92 Å². The summed E-state index contributed by atoms with van der Waals surface area (Å²) in [6.45, 7) is 8.38. The number of likely N-dealkylation sites (tertiary alicyclic amines) is 1. The van der Waals surface area contributed by atoms with Gasteiger partial charge in [-0.1, -0.05) is 25.2 Å². The maximum Gasteiger partial charge on any atom is 0.324 e. The molecule has 3 amide bonds. The predicted octanol–water partition coefficient (Wildman–Crippen LogP) is 3.23. The van der Waals surface area contributed by atoms with E-state index in [1.54, 1.807) is 13.1 Å². The zero-order chi connectivity index (χ0) is 23.5. The first kappa shape index (κ1) is 23.6. The highest BCUT2D eigenvalue weighted by Crippen LogP contribution is 2.35. The van der Waals surface area contributed by atoms with Gasteiger partial charge in [0.15, 0.2) is 5.13 Å². The summed E-state index contributed by atoms with van der Waals surface area (Å²) >= 11 is 1.35. The predicted molar refractivity (Wildman–Crippen MR) is 122 cm³/mol. The molecule has 1 atom stereocenters. The minimum atomic E-state index is -0.583. The van der Waals surface area contributed by atoms with E-state index in [4.69, 9.17) is 10.5 Å². The Morgan fingerprint density at radius 1 is 1.38 bits per heavy atom. The van der Waals surface area contributed by atoms with Crippen molar-refractivity contribution in [1.82, 2.24) is 14.9 Å². The van der Waals surface area contributed by atoms with Crippen molar-refractivity contribution in [2.75, 3.05) is 18.5 Å². The van der Waals surface area contributed by atoms with Gasteiger partial charge in [0.05, 0.1) is 23.6 Å². The normalized spacial score (nSPS) is 16.1. The fourth-order valence-corrected chi connectivity index (χ4v) is 4.74. The van der Waals surface area contributed by atoms with E-state index in [0.29, 0.717) is 24.7 Å². The van der Waals surface area contributed by atoms with E-state index in [9.17, 15) is 14.4 Å². The molecule has 0 bridgehead atoms. The number of carbonyl (C=O) groups is 3. The first-order valence-electron chi connectivity index (χ1n) is 10.6. The zero-order valence-electron chi connectivity index (χ0n) is 18.8. The van der Waals surface area contributed by atoms with Crippen molar-refractivity contribution in [3.63, 3.8) is 0 Å². The molecule has 0 unspecified atom stereocenters. The number of hydrogen-bond donors (Lipinski definition) is 2. The monoisotopic (exact) mass is 459 g/mol. The SMILES string of the molecule is CCOC(=O)CC(C)(C)c1cc(-c2sc(NC(=O)N3CCC[C@H]3C(N)=O)nc2C)ccn1. The largest absolute Gasteiger partial charge is 0.466 e. The maximum atomic E-state index is 12.6. The highest BCUT2D eigenvalue weighted by atomic mass is 32.1. The Morgan fingerprint density at radius 2 is 2.12 bits per heavy atom. The van der Waals surface area contributed by atoms with Crippen LogP contribution in [0.4, 0.5) is 9.93 Å². The van der Waals surface area contributed by atoms with Crippen LogP contribution in [0.2, 0.25) is 0 Å². The molecule has 10 heteroatoms. The highest BCUT2D eigenvalue weighted by Gasteiger charge is 2.33. The number of hydrogen-bond acceptors (Lipinski definition) is 7. The summed E-state index contributed by atoms with van der Waals surface area (Å²) in [6, 6.07) is 2.85. The maximum absolute atomic E-state index is 12.6. The molecule has 1 aliphatic heterocycles. The molecule has 1 saturated heterocycles. The molecule has 2 aromatic heterocycles. The summed E-state index contributed by atoms with van der Waals surface area (Å²) in [5.41, 5.74) is 7.34. The minimum absolute atomic E-state index is 0.219. The number of aromatic nitrogens is 2. The van der Waals surface area contributed by atoms with E-state index in [-0.39, 0.29) is 18.4 Å². The Morgan fingerprint density at radius 3 is 2.81 bits per heavy atom. The molecule has 172 valence electrons. The van der Waals surface area contributed by atoms with Crippen LogP contribution in [0.1, 0.15) is 51.4 Å². The molecule has 0 aromatic carbocycles. The van der Waals surface area contributed by atoms with Crippen LogP contribution in [-0.4, -0.2) is 52.0 Å². The van der Waals surface area contributed by atoms with Gasteiger partial charge in [-0.3, -0.25) is 19.9 Å². The summed E-state index contributed by atoms with van der Waals surface area (Å²) in [5.74, 6) is -0.761. The van der Waals surface area contributed by atoms with Gasteiger partial charge in [-0.25, -0.2) is 9.78 Å². The van der Waals surface area contributed by atoms with Crippen LogP contribution in [0.5, 0.6) is 0 Å². The number of primary amides is 1. The lowest BCUT2D eigenvalue weighted by Crippen LogP contribution is -2.45. The van der Waals surface area contributed by atoms with E-state index in [0.717, 1.165) is 28.2 Å². The molecule has 3 heterocycles. The standard InChI is InChI=1S/C22H29N5O4S/c1-5-31-17(28)12-22(3,4)16-11-14(8-9-24-16)18-13(2)25-20(32-18)26-21(30)27-10-6-7-15(27)19(23)29/h8-9,11,15H,5-7,10,12H2,1-4H3,(H2,23,29)(H,25,26,30)/t15-/m0/s1. The smallest absolute Gasteiger partial charge is 0.324 e. The third-order valence-corrected chi connectivity index (χ3v) is 6.58. The number of urea groups is 1. The number of nitrogens with one attached hydrogen (secondary N) is 1. The molecular weight excluding hydrogens is 430 g/mol. The zero-order valence-corrected chi connectivity index (χ0v) is 19.6. The number of amides is 3. The first-order chi connectivity index (χ1) is 15.1. The van der Waals surface area contributed by atoms with Crippen LogP contribution in [0.15, 0.2) is 18.3 Å². The van der Waals surface area contributed by atoms with Crippen LogP contribution in [0.3, 0.4) is 0 Å². The van der Waals surface area contributed by atoms with Crippen molar-refractivity contribution >= 4 is 34.4 Å². The first-order valence-corrected chi connectivity index (χ1v) is 11.4. The van der Waals surface area contributed by atoms with Crippen LogP contribution in [0.25, 0.3) is 10.4 Å². The van der Waals surface area contributed by atoms with Gasteiger partial charge < -0.3 is 15.4 Å². The Kier molecular flexibility index (Phi) is 7.12. The van der Waals surface area contributed by atoms with E-state index in [1.807, 2.05) is 32.9 Å². The molecule has 3 rings (SSSR count). The number of pyridine rings is 1. The van der Waals surface area contributed by atoms with Gasteiger partial charge in [0.1, 0.15) is 6.04 Å². The fourth-order valence-electron chi connectivity index (χ4n) is 3.79. The van der Waals surface area contributed by atoms with Gasteiger partial charge >= 0.3 is 12.0 Å². The summed E-state index contributed by atoms with van der Waals surface area (Å²) in [5, 5.41) is 3.24. The van der Waals surface area contributed by atoms with E-state index in [2.05, 4.69) is 15.3 Å². The number of esters is 1. The van der Waals surface area contributed by atoms with E-state index in [1.165, 1.54) is 16.2 Å². The molecule has 2 aromatic rings. The van der Waals surface area contributed by atoms with Gasteiger partial charge in [0, 0.05) is 23.9 Å². The molecule has 9 nitrogen and oxygen atoms in total. The molecule has 0 radical (unpaired) electrons. The van der Waals surface area contributed by atoms with Gasteiger partial charge in [0.2, 0.25) is 5.91 Å². The van der Waals surface area contributed by atoms with Crippen molar-refractivity contribution in [2.24, 2.45) is 5.73 Å². The van der Waals surface area contributed by atoms with E-state index >= 15 is 0 Å². The average molecular weight is 460 g/mol. The fraction of sp³-hybridized carbons (Fsp3) is 0.500. The van der Waals surface area contributed by atoms with Crippen molar-refractivity contribution in [3.8, 4) is 10.4 Å². The summed E-state index contributed by atoms with van der Waals surface area (Å²) in [6.07, 6.45) is 3.24. The Bertz CT molecular complexity index is 1020. The summed E-state index contributed by atoms with van der Waals surface area (Å²) in [4.78, 5) is 47.5. The number of carbonyl (C=O) groups excluding carboxylic acids is 3. The molecular formula is C22H29N5O4S. The van der Waals surface area contributed by atoms with Crippen LogP contribution >= 0.6 is 11.3 Å². The second-order valence-corrected chi connectivity index (χ2v) is 9.41. The second kappa shape index (κ2) is 9.64. The number of ether oxygens (including phenoxy) is 1. The van der Waals surface area contributed by atoms with Gasteiger partial charge in [0.25, 0.3) is 0 Å². The number of rotatable bonds is 7. The third-order valence-electron chi connectivity index (χ3n) is 5.46. The van der Waals surface area contributed by atoms with Crippen molar-refractivity contribution in [3.05, 3.63) is 29.7 Å². The van der Waals surface area contributed by atoms with Crippen molar-refractivity contribution in [2.45, 2.75) is 58.4 Å². The molecule has 0 saturated carbocycles. The Hall–Kier alpha value is -3.01. The van der Waals surface area contributed by atoms with Crippen molar-refractivity contribution < 1.29 is 19.1 Å². The third kappa shape index (κ3) is 5.24. The highest BCUT2D eigenvalue weighted by molar-refractivity contribution is 7.19. The Labute approximate surface area is 191 Å². The van der Waals surface area contributed by atoms with Crippen molar-refractivity contribution in [1.29, 1.82) is 0 Å². The lowest BCUT2D eigenvalue weighted by atomic mass is 9.84. The number of anilines is 1. The second-order valence-electron chi connectivity index (χ2n) is 8.41. The minimum Gasteiger partial charge on any atom is -0.466 e. The van der Waals surface area contributed by atoms with Gasteiger partial charge in [-0.2, -0.15) is 0 Å². The van der Waals surface area contributed by atoms with E-state index < -0.39 is 17.4 Å². The quantitative estimate of drug-likeness (QED) is 0.612.